The monoisotopic (exact) mass is 412 g/mol. The van der Waals surface area contributed by atoms with Crippen LogP contribution in [0.1, 0.15) is 52.0 Å². The molecule has 4 fully saturated rings. The molecule has 30 heavy (non-hydrogen) atoms. The van der Waals surface area contributed by atoms with Gasteiger partial charge >= 0.3 is 5.97 Å². The van der Waals surface area contributed by atoms with Gasteiger partial charge in [0, 0.05) is 30.6 Å². The van der Waals surface area contributed by atoms with E-state index >= 15 is 0 Å². The summed E-state index contributed by atoms with van der Waals surface area (Å²) in [7, 11) is 0. The van der Waals surface area contributed by atoms with Gasteiger partial charge in [-0.15, -0.1) is 0 Å². The second kappa shape index (κ2) is 6.24. The van der Waals surface area contributed by atoms with Gasteiger partial charge in [0.15, 0.2) is 0 Å². The highest BCUT2D eigenvalue weighted by atomic mass is 16.7. The van der Waals surface area contributed by atoms with Crippen molar-refractivity contribution in [3.63, 3.8) is 0 Å². The van der Waals surface area contributed by atoms with Crippen LogP contribution < -0.4 is 0 Å². The van der Waals surface area contributed by atoms with Crippen molar-refractivity contribution < 1.29 is 28.6 Å². The standard InChI is InChI=1S/C24H28O6/c1-21(2,3)19-17(26)11-22-9-16(25)10-23(22,14-28-13-15-7-5-4-6-8-15)30-20-24(19,22)12-18(27)29-20/h4-8,19-20H,9-14H2,1-3H3/t19-,20-,22-,23+,24+/m0/s1. The maximum Gasteiger partial charge on any atom is 0.308 e. The minimum absolute atomic E-state index is 0.0674. The van der Waals surface area contributed by atoms with Crippen LogP contribution >= 0.6 is 0 Å². The van der Waals surface area contributed by atoms with Gasteiger partial charge in [0.2, 0.25) is 6.29 Å². The van der Waals surface area contributed by atoms with Gasteiger partial charge in [0.05, 0.1) is 25.0 Å². The highest BCUT2D eigenvalue weighted by molar-refractivity contribution is 5.94. The number of carbonyl (C=O) groups is 3. The Morgan fingerprint density at radius 2 is 1.77 bits per heavy atom. The van der Waals surface area contributed by atoms with E-state index in [4.69, 9.17) is 14.2 Å². The summed E-state index contributed by atoms with van der Waals surface area (Å²) in [5, 5.41) is 0. The van der Waals surface area contributed by atoms with Crippen LogP contribution in [0, 0.1) is 22.2 Å². The SMILES string of the molecule is CC(C)(C)[C@@H]1C(=O)C[C@@]23CC(=O)C[C@]2(COCc2ccccc2)O[C@@H]2OC(=O)C[C@]213. The largest absolute Gasteiger partial charge is 0.435 e. The van der Waals surface area contributed by atoms with Crippen LogP contribution in [0.15, 0.2) is 30.3 Å². The summed E-state index contributed by atoms with van der Waals surface area (Å²) in [6.45, 7) is 6.65. The first-order chi connectivity index (χ1) is 14.1. The van der Waals surface area contributed by atoms with E-state index in [0.717, 1.165) is 5.56 Å². The number of ketones is 2. The fourth-order valence-corrected chi connectivity index (χ4v) is 7.08. The highest BCUT2D eigenvalue weighted by Gasteiger charge is 2.86. The summed E-state index contributed by atoms with van der Waals surface area (Å²) >= 11 is 0. The smallest absolute Gasteiger partial charge is 0.308 e. The van der Waals surface area contributed by atoms with Crippen LogP contribution in [-0.2, 0) is 35.2 Å². The Hall–Kier alpha value is -2.05. The van der Waals surface area contributed by atoms with Crippen LogP contribution in [0.2, 0.25) is 0 Å². The molecule has 160 valence electrons. The number of hydrogen-bond acceptors (Lipinski definition) is 6. The molecule has 1 aromatic rings. The third-order valence-electron chi connectivity index (χ3n) is 7.80. The van der Waals surface area contributed by atoms with Gasteiger partial charge < -0.3 is 14.2 Å². The molecule has 5 rings (SSSR count). The number of esters is 1. The Bertz CT molecular complexity index is 917. The summed E-state index contributed by atoms with van der Waals surface area (Å²) < 4.78 is 18.2. The average Bonchev–Trinajstić information content (AvgIpc) is 3.23. The zero-order valence-electron chi connectivity index (χ0n) is 17.7. The lowest BCUT2D eigenvalue weighted by Gasteiger charge is -2.45. The Kier molecular flexibility index (Phi) is 4.13. The molecule has 6 heteroatoms. The van der Waals surface area contributed by atoms with Crippen LogP contribution in [0.3, 0.4) is 0 Å². The van der Waals surface area contributed by atoms with Crippen molar-refractivity contribution in [1.82, 2.24) is 0 Å². The summed E-state index contributed by atoms with van der Waals surface area (Å²) in [4.78, 5) is 38.6. The molecular formula is C24H28O6. The predicted octanol–water partition coefficient (Wildman–Crippen LogP) is 3.22. The number of hydrogen-bond donors (Lipinski definition) is 0. The minimum atomic E-state index is -0.931. The molecular weight excluding hydrogens is 384 g/mol. The molecule has 0 aromatic heterocycles. The fraction of sp³-hybridized carbons (Fsp3) is 0.625. The molecule has 0 radical (unpaired) electrons. The van der Waals surface area contributed by atoms with Gasteiger partial charge in [-0.1, -0.05) is 51.1 Å². The fourth-order valence-electron chi connectivity index (χ4n) is 7.08. The van der Waals surface area contributed by atoms with Gasteiger partial charge in [0.25, 0.3) is 0 Å². The second-order valence-corrected chi connectivity index (χ2v) is 10.5. The normalized spacial score (nSPS) is 39.8. The predicted molar refractivity (Wildman–Crippen MR) is 106 cm³/mol. The quantitative estimate of drug-likeness (QED) is 0.707. The van der Waals surface area contributed by atoms with E-state index in [0.29, 0.717) is 6.61 Å². The van der Waals surface area contributed by atoms with Gasteiger partial charge in [-0.2, -0.15) is 0 Å². The average molecular weight is 412 g/mol. The van der Waals surface area contributed by atoms with Crippen LogP contribution in [-0.4, -0.2) is 36.0 Å². The first kappa shape index (κ1) is 19.9. The van der Waals surface area contributed by atoms with Crippen molar-refractivity contribution in [1.29, 1.82) is 0 Å². The molecule has 4 aliphatic rings. The van der Waals surface area contributed by atoms with E-state index in [-0.39, 0.29) is 55.2 Å². The molecule has 0 unspecified atom stereocenters. The van der Waals surface area contributed by atoms with E-state index in [1.807, 2.05) is 51.1 Å². The zero-order valence-corrected chi connectivity index (χ0v) is 17.7. The molecule has 1 aromatic carbocycles. The van der Waals surface area contributed by atoms with Gasteiger partial charge in [-0.05, 0) is 11.0 Å². The Morgan fingerprint density at radius 1 is 1.03 bits per heavy atom. The molecule has 0 bridgehead atoms. The van der Waals surface area contributed by atoms with E-state index in [9.17, 15) is 14.4 Å². The molecule has 0 amide bonds. The van der Waals surface area contributed by atoms with E-state index in [2.05, 4.69) is 0 Å². The summed E-state index contributed by atoms with van der Waals surface area (Å²) in [6.07, 6.45) is 0.00492. The maximum atomic E-state index is 13.4. The van der Waals surface area contributed by atoms with Crippen molar-refractivity contribution in [2.75, 3.05) is 6.61 Å². The second-order valence-electron chi connectivity index (χ2n) is 10.5. The first-order valence-electron chi connectivity index (χ1n) is 10.7. The molecule has 2 heterocycles. The first-order valence-corrected chi connectivity index (χ1v) is 10.7. The van der Waals surface area contributed by atoms with E-state index < -0.39 is 28.6 Å². The number of carbonyl (C=O) groups excluding carboxylic acids is 3. The Labute approximate surface area is 176 Å². The number of rotatable bonds is 4. The summed E-state index contributed by atoms with van der Waals surface area (Å²) in [6, 6.07) is 9.81. The molecule has 0 N–H and O–H groups in total. The number of ether oxygens (including phenoxy) is 3. The van der Waals surface area contributed by atoms with Crippen molar-refractivity contribution in [3.8, 4) is 0 Å². The van der Waals surface area contributed by atoms with Crippen molar-refractivity contribution in [2.24, 2.45) is 22.2 Å². The lowest BCUT2D eigenvalue weighted by Crippen LogP contribution is -2.52. The molecule has 6 nitrogen and oxygen atoms in total. The molecule has 5 atom stereocenters. The van der Waals surface area contributed by atoms with Crippen molar-refractivity contribution in [2.45, 2.75) is 65.0 Å². The summed E-state index contributed by atoms with van der Waals surface area (Å²) in [5.74, 6) is -0.570. The minimum Gasteiger partial charge on any atom is -0.435 e. The third-order valence-corrected chi connectivity index (χ3v) is 7.80. The van der Waals surface area contributed by atoms with Gasteiger partial charge in [0.1, 0.15) is 17.2 Å². The zero-order chi connectivity index (χ0) is 21.4. The van der Waals surface area contributed by atoms with Crippen LogP contribution in [0.5, 0.6) is 0 Å². The molecule has 2 saturated carbocycles. The molecule has 2 aliphatic heterocycles. The Balaban J connectivity index is 1.54. The molecule has 2 aliphatic carbocycles. The van der Waals surface area contributed by atoms with Crippen molar-refractivity contribution >= 4 is 17.5 Å². The number of Topliss-reactive ketones (excluding diaryl/α,β-unsaturated/α-hetero) is 2. The van der Waals surface area contributed by atoms with Gasteiger partial charge in [-0.25, -0.2) is 0 Å². The topological polar surface area (TPSA) is 78.9 Å². The molecule has 2 spiro atoms. The lowest BCUT2D eigenvalue weighted by molar-refractivity contribution is -0.201. The van der Waals surface area contributed by atoms with Crippen LogP contribution in [0.25, 0.3) is 0 Å². The number of benzene rings is 1. The van der Waals surface area contributed by atoms with Crippen LogP contribution in [0.4, 0.5) is 0 Å². The van der Waals surface area contributed by atoms with E-state index in [1.165, 1.54) is 0 Å². The third kappa shape index (κ3) is 2.41. The lowest BCUT2D eigenvalue weighted by atomic mass is 9.53. The maximum absolute atomic E-state index is 13.4. The highest BCUT2D eigenvalue weighted by Crippen LogP contribution is 2.77. The summed E-state index contributed by atoms with van der Waals surface area (Å²) in [5.41, 5.74) is -1.83. The van der Waals surface area contributed by atoms with Gasteiger partial charge in [-0.3, -0.25) is 14.4 Å². The van der Waals surface area contributed by atoms with E-state index in [1.54, 1.807) is 0 Å². The Morgan fingerprint density at radius 3 is 2.47 bits per heavy atom. The van der Waals surface area contributed by atoms with Crippen molar-refractivity contribution in [3.05, 3.63) is 35.9 Å². The molecule has 2 saturated heterocycles.